The minimum atomic E-state index is -1.70. The van der Waals surface area contributed by atoms with Crippen molar-refractivity contribution in [3.8, 4) is 0 Å². The lowest BCUT2D eigenvalue weighted by Crippen LogP contribution is -2.62. The van der Waals surface area contributed by atoms with E-state index < -0.39 is 47.4 Å². The second kappa shape index (κ2) is 9.67. The highest BCUT2D eigenvalue weighted by Gasteiger charge is 2.68. The summed E-state index contributed by atoms with van der Waals surface area (Å²) in [5.41, 5.74) is -1.66. The number of carboxylic acid groups (broad SMARTS) is 1. The van der Waals surface area contributed by atoms with Crippen molar-refractivity contribution in [3.63, 3.8) is 0 Å². The van der Waals surface area contributed by atoms with Gasteiger partial charge in [-0.25, -0.2) is 0 Å². The largest absolute Gasteiger partial charge is 0.481 e. The molecule has 36 heavy (non-hydrogen) atoms. The first-order valence-electron chi connectivity index (χ1n) is 13.4. The molecular formula is C28H40O8. The molecule has 0 radical (unpaired) electrons. The number of aliphatic carboxylic acids is 1. The van der Waals surface area contributed by atoms with E-state index in [0.29, 0.717) is 19.3 Å². The normalized spacial score (nSPS) is 40.4. The van der Waals surface area contributed by atoms with Gasteiger partial charge >= 0.3 is 11.9 Å². The highest BCUT2D eigenvalue weighted by molar-refractivity contribution is 5.92. The number of fused-ring (bicyclic) bond motifs is 5. The van der Waals surface area contributed by atoms with Crippen molar-refractivity contribution in [1.82, 2.24) is 0 Å². The van der Waals surface area contributed by atoms with Crippen LogP contribution in [0.15, 0.2) is 11.6 Å². The van der Waals surface area contributed by atoms with Crippen molar-refractivity contribution in [2.24, 2.45) is 34.5 Å². The monoisotopic (exact) mass is 504 g/mol. The summed E-state index contributed by atoms with van der Waals surface area (Å²) in [6.45, 7) is 5.26. The minimum absolute atomic E-state index is 0.0153. The number of allylic oxidation sites excluding steroid dienone is 1. The average Bonchev–Trinajstić information content (AvgIpc) is 3.09. The number of Topliss-reactive ketones (excluding diaryl/α,β-unsaturated/α-hetero) is 1. The molecule has 0 heterocycles. The van der Waals surface area contributed by atoms with Crippen molar-refractivity contribution in [2.45, 2.75) is 96.7 Å². The van der Waals surface area contributed by atoms with E-state index in [1.54, 1.807) is 13.0 Å². The molecule has 0 amide bonds. The first kappa shape index (κ1) is 27.0. The molecule has 3 fully saturated rings. The second-order valence-corrected chi connectivity index (χ2v) is 12.0. The van der Waals surface area contributed by atoms with Gasteiger partial charge in [0.05, 0.1) is 12.0 Å². The van der Waals surface area contributed by atoms with Gasteiger partial charge in [0.25, 0.3) is 0 Å². The molecule has 4 aliphatic carbocycles. The maximum Gasteiger partial charge on any atom is 0.309 e. The summed E-state index contributed by atoms with van der Waals surface area (Å²) in [7, 11) is 0. The summed E-state index contributed by atoms with van der Waals surface area (Å²) < 4.78 is 5.28. The fourth-order valence-corrected chi connectivity index (χ4v) is 8.31. The van der Waals surface area contributed by atoms with Crippen LogP contribution in [0.4, 0.5) is 0 Å². The highest BCUT2D eigenvalue weighted by atomic mass is 16.5. The topological polar surface area (TPSA) is 138 Å². The van der Waals surface area contributed by atoms with Crippen molar-refractivity contribution >= 4 is 23.5 Å². The lowest BCUT2D eigenvalue weighted by atomic mass is 9.45. The number of ether oxygens (including phenoxy) is 1. The summed E-state index contributed by atoms with van der Waals surface area (Å²) >= 11 is 0. The van der Waals surface area contributed by atoms with Crippen LogP contribution in [-0.2, 0) is 23.9 Å². The van der Waals surface area contributed by atoms with Crippen LogP contribution in [0.1, 0.15) is 85.0 Å². The Morgan fingerprint density at radius 2 is 1.89 bits per heavy atom. The second-order valence-electron chi connectivity index (χ2n) is 12.0. The van der Waals surface area contributed by atoms with Gasteiger partial charge in [0, 0.05) is 18.3 Å². The van der Waals surface area contributed by atoms with Crippen molar-refractivity contribution < 1.29 is 39.2 Å². The lowest BCUT2D eigenvalue weighted by Gasteiger charge is -2.60. The van der Waals surface area contributed by atoms with E-state index in [-0.39, 0.29) is 54.6 Å². The Balaban J connectivity index is 1.49. The molecule has 0 bridgehead atoms. The van der Waals surface area contributed by atoms with Gasteiger partial charge in [0.1, 0.15) is 5.60 Å². The molecular weight excluding hydrogens is 464 g/mol. The summed E-state index contributed by atoms with van der Waals surface area (Å²) in [5, 5.41) is 32.1. The van der Waals surface area contributed by atoms with E-state index in [0.717, 1.165) is 24.8 Å². The van der Waals surface area contributed by atoms with Crippen LogP contribution in [-0.4, -0.2) is 57.1 Å². The summed E-state index contributed by atoms with van der Waals surface area (Å²) in [6, 6.07) is 0. The molecule has 0 aromatic carbocycles. The van der Waals surface area contributed by atoms with Crippen molar-refractivity contribution in [2.75, 3.05) is 6.61 Å². The van der Waals surface area contributed by atoms with Gasteiger partial charge in [-0.05, 0) is 80.6 Å². The molecule has 0 aromatic rings. The van der Waals surface area contributed by atoms with Crippen LogP contribution in [0.25, 0.3) is 0 Å². The quantitative estimate of drug-likeness (QED) is 0.428. The molecule has 1 unspecified atom stereocenters. The van der Waals surface area contributed by atoms with Gasteiger partial charge in [-0.2, -0.15) is 0 Å². The number of esters is 1. The first-order valence-corrected chi connectivity index (χ1v) is 13.4. The maximum absolute atomic E-state index is 13.4. The number of ketones is 2. The first-order chi connectivity index (χ1) is 16.9. The van der Waals surface area contributed by atoms with Crippen LogP contribution in [0.5, 0.6) is 0 Å². The van der Waals surface area contributed by atoms with E-state index >= 15 is 0 Å². The summed E-state index contributed by atoms with van der Waals surface area (Å²) in [5.74, 6) is -2.45. The number of aliphatic hydroxyl groups is 2. The molecule has 8 heteroatoms. The van der Waals surface area contributed by atoms with Crippen molar-refractivity contribution in [3.05, 3.63) is 11.6 Å². The van der Waals surface area contributed by atoms with Crippen LogP contribution in [0.3, 0.4) is 0 Å². The summed E-state index contributed by atoms with van der Waals surface area (Å²) in [6.07, 6.45) is 5.47. The molecule has 8 nitrogen and oxygen atoms in total. The molecule has 200 valence electrons. The van der Waals surface area contributed by atoms with Crippen molar-refractivity contribution in [1.29, 1.82) is 0 Å². The van der Waals surface area contributed by atoms with Gasteiger partial charge < -0.3 is 20.1 Å². The Labute approximate surface area is 212 Å². The number of hydrogen-bond donors (Lipinski definition) is 3. The summed E-state index contributed by atoms with van der Waals surface area (Å²) in [4.78, 5) is 48.8. The molecule has 0 aromatic heterocycles. The van der Waals surface area contributed by atoms with Crippen LogP contribution < -0.4 is 0 Å². The van der Waals surface area contributed by atoms with E-state index in [9.17, 15) is 29.4 Å². The zero-order chi connectivity index (χ0) is 26.5. The SMILES string of the molecule is CCC(CCC(=O)O)C(=O)OCC(=O)[C@@]1(O)CC[C@H]2[C@@H]3CCC4=CC(=O)CC[C@]4(C)[C@H]3[C@H](O)C[C@@]21C. The standard InChI is InChI=1S/C28H40O8/c1-4-16(5-8-23(32)33)25(34)36-15-22(31)28(35)12-10-20-19-7-6-17-13-18(29)9-11-26(17,2)24(19)21(30)14-27(20,28)3/h13,16,19-21,24,30,35H,4-12,14-15H2,1-3H3,(H,32,33)/t16?,19-,20-,21+,24+,26-,27-,28-/m0/s1. The molecule has 0 saturated heterocycles. The lowest BCUT2D eigenvalue weighted by molar-refractivity contribution is -0.185. The Morgan fingerprint density at radius 3 is 2.56 bits per heavy atom. The number of carbonyl (C=O) groups excluding carboxylic acids is 3. The number of aliphatic hydroxyl groups excluding tert-OH is 1. The predicted octanol–water partition coefficient (Wildman–Crippen LogP) is 3.22. The highest BCUT2D eigenvalue weighted by Crippen LogP contribution is 2.67. The Bertz CT molecular complexity index is 971. The van der Waals surface area contributed by atoms with E-state index in [2.05, 4.69) is 6.92 Å². The smallest absolute Gasteiger partial charge is 0.309 e. The van der Waals surface area contributed by atoms with Gasteiger partial charge in [0.2, 0.25) is 5.78 Å². The predicted molar refractivity (Wildman–Crippen MR) is 130 cm³/mol. The van der Waals surface area contributed by atoms with Crippen LogP contribution in [0, 0.1) is 34.5 Å². The number of carbonyl (C=O) groups is 4. The maximum atomic E-state index is 13.4. The molecule has 8 atom stereocenters. The third-order valence-corrected chi connectivity index (χ3v) is 10.4. The van der Waals surface area contributed by atoms with E-state index in [1.165, 1.54) is 0 Å². The fraction of sp³-hybridized carbons (Fsp3) is 0.786. The molecule has 4 aliphatic rings. The van der Waals surface area contributed by atoms with Crippen LogP contribution in [0.2, 0.25) is 0 Å². The third-order valence-electron chi connectivity index (χ3n) is 10.4. The van der Waals surface area contributed by atoms with Gasteiger partial charge in [-0.3, -0.25) is 19.2 Å². The molecule has 0 aliphatic heterocycles. The van der Waals surface area contributed by atoms with Gasteiger partial charge in [-0.1, -0.05) is 26.3 Å². The molecule has 3 saturated carbocycles. The van der Waals surface area contributed by atoms with Crippen LogP contribution >= 0.6 is 0 Å². The molecule has 0 spiro atoms. The average molecular weight is 505 g/mol. The van der Waals surface area contributed by atoms with Gasteiger partial charge in [-0.15, -0.1) is 0 Å². The Kier molecular flexibility index (Phi) is 7.25. The van der Waals surface area contributed by atoms with E-state index in [1.807, 2.05) is 6.92 Å². The van der Waals surface area contributed by atoms with Gasteiger partial charge in [0.15, 0.2) is 12.4 Å². The Hall–Kier alpha value is -2.06. The number of carboxylic acids is 1. The number of rotatable bonds is 8. The van der Waals surface area contributed by atoms with E-state index in [4.69, 9.17) is 9.84 Å². The Morgan fingerprint density at radius 1 is 1.17 bits per heavy atom. The molecule has 4 rings (SSSR count). The minimum Gasteiger partial charge on any atom is -0.481 e. The third kappa shape index (κ3) is 4.24. The zero-order valence-electron chi connectivity index (χ0n) is 21.6. The number of hydrogen-bond acceptors (Lipinski definition) is 7. The fourth-order valence-electron chi connectivity index (χ4n) is 8.31. The zero-order valence-corrected chi connectivity index (χ0v) is 21.6. The molecule has 3 N–H and O–H groups in total.